The second-order valence-electron chi connectivity index (χ2n) is 4.91. The lowest BCUT2D eigenvalue weighted by molar-refractivity contribution is -0.141. The van der Waals surface area contributed by atoms with Gasteiger partial charge in [0.1, 0.15) is 5.54 Å². The molecule has 3 N–H and O–H groups in total. The summed E-state index contributed by atoms with van der Waals surface area (Å²) in [5.41, 5.74) is 12.7. The molecule has 0 radical (unpaired) electrons. The highest BCUT2D eigenvalue weighted by Gasteiger charge is 2.46. The van der Waals surface area contributed by atoms with Crippen molar-refractivity contribution in [2.75, 3.05) is 19.7 Å². The van der Waals surface area contributed by atoms with Gasteiger partial charge in [-0.25, -0.2) is 0 Å². The summed E-state index contributed by atoms with van der Waals surface area (Å²) in [7, 11) is 0. The number of hydrogen-bond acceptors (Lipinski definition) is 4. The molecule has 1 rings (SSSR count). The molecule has 0 saturated carbocycles. The van der Waals surface area contributed by atoms with Crippen LogP contribution in [0.4, 0.5) is 0 Å². The van der Waals surface area contributed by atoms with E-state index >= 15 is 0 Å². The Morgan fingerprint density at radius 3 is 2.94 bits per heavy atom. The van der Waals surface area contributed by atoms with Crippen molar-refractivity contribution >= 4 is 5.91 Å². The fourth-order valence-corrected chi connectivity index (χ4v) is 2.31. The smallest absolute Gasteiger partial charge is 0.237 e. The summed E-state index contributed by atoms with van der Waals surface area (Å²) in [4.78, 5) is 14.4. The molecular weight excluding hydrogens is 234 g/mol. The zero-order valence-electron chi connectivity index (χ0n) is 11.0. The van der Waals surface area contributed by atoms with Crippen molar-refractivity contribution in [3.8, 4) is 0 Å². The van der Waals surface area contributed by atoms with E-state index in [1.165, 1.54) is 0 Å². The van der Waals surface area contributed by atoms with Gasteiger partial charge in [0.25, 0.3) is 0 Å². The fraction of sp³-hybridized carbons (Fsp3) is 0.909. The molecule has 1 amide bonds. The van der Waals surface area contributed by atoms with Gasteiger partial charge < -0.3 is 15.8 Å². The molecule has 2 atom stereocenters. The van der Waals surface area contributed by atoms with Gasteiger partial charge in [-0.2, -0.15) is 0 Å². The van der Waals surface area contributed by atoms with Crippen LogP contribution in [0.15, 0.2) is 5.11 Å². The minimum atomic E-state index is -0.756. The number of ether oxygens (including phenoxy) is 1. The van der Waals surface area contributed by atoms with E-state index in [9.17, 15) is 4.79 Å². The van der Waals surface area contributed by atoms with Gasteiger partial charge in [-0.3, -0.25) is 4.79 Å². The van der Waals surface area contributed by atoms with Gasteiger partial charge in [0.2, 0.25) is 5.91 Å². The Morgan fingerprint density at radius 2 is 2.39 bits per heavy atom. The first-order valence-corrected chi connectivity index (χ1v) is 6.18. The van der Waals surface area contributed by atoms with Crippen LogP contribution in [0.1, 0.15) is 33.1 Å². The van der Waals surface area contributed by atoms with Crippen molar-refractivity contribution in [3.05, 3.63) is 10.4 Å². The van der Waals surface area contributed by atoms with E-state index in [1.807, 2.05) is 13.8 Å². The first-order valence-electron chi connectivity index (χ1n) is 6.18. The average Bonchev–Trinajstić information content (AvgIpc) is 2.35. The lowest BCUT2D eigenvalue weighted by atomic mass is 9.78. The van der Waals surface area contributed by atoms with Crippen molar-refractivity contribution in [3.63, 3.8) is 0 Å². The van der Waals surface area contributed by atoms with Crippen LogP contribution >= 0.6 is 0 Å². The van der Waals surface area contributed by atoms with Crippen LogP contribution in [-0.4, -0.2) is 36.7 Å². The average molecular weight is 255 g/mol. The molecule has 0 aromatic rings. The predicted octanol–water partition coefficient (Wildman–Crippen LogP) is 1.09. The molecule has 1 heterocycles. The van der Waals surface area contributed by atoms with E-state index in [1.54, 1.807) is 0 Å². The molecular formula is C11H21N5O2. The lowest BCUT2D eigenvalue weighted by Gasteiger charge is -2.44. The molecule has 0 bridgehead atoms. The van der Waals surface area contributed by atoms with Crippen molar-refractivity contribution in [2.24, 2.45) is 10.8 Å². The van der Waals surface area contributed by atoms with Crippen LogP contribution < -0.4 is 11.1 Å². The highest BCUT2D eigenvalue weighted by atomic mass is 16.5. The molecule has 7 heteroatoms. The molecule has 1 saturated heterocycles. The number of nitrogens with zero attached hydrogens (tertiary/aromatic N) is 3. The summed E-state index contributed by atoms with van der Waals surface area (Å²) in [5, 5.41) is 6.58. The predicted molar refractivity (Wildman–Crippen MR) is 67.8 cm³/mol. The number of carbonyl (C=O) groups excluding carboxylic acids is 1. The van der Waals surface area contributed by atoms with E-state index in [0.29, 0.717) is 32.5 Å². The topological polar surface area (TPSA) is 113 Å². The summed E-state index contributed by atoms with van der Waals surface area (Å²) in [6, 6.07) is 0. The Bertz CT molecular complexity index is 355. The fourth-order valence-electron chi connectivity index (χ4n) is 2.31. The van der Waals surface area contributed by atoms with Crippen molar-refractivity contribution in [2.45, 2.75) is 44.2 Å². The lowest BCUT2D eigenvalue weighted by Crippen LogP contribution is -2.62. The summed E-state index contributed by atoms with van der Waals surface area (Å²) >= 11 is 0. The van der Waals surface area contributed by atoms with Gasteiger partial charge in [-0.1, -0.05) is 12.0 Å². The number of carbonyl (C=O) groups is 1. The molecule has 1 aliphatic rings. The maximum atomic E-state index is 11.7. The highest BCUT2D eigenvalue weighted by molar-refractivity contribution is 5.85. The molecule has 2 unspecified atom stereocenters. The van der Waals surface area contributed by atoms with Crippen LogP contribution in [0.5, 0.6) is 0 Å². The number of hydrogen-bond donors (Lipinski definition) is 2. The highest BCUT2D eigenvalue weighted by Crippen LogP contribution is 2.34. The third kappa shape index (κ3) is 3.35. The minimum Gasteiger partial charge on any atom is -0.375 e. The van der Waals surface area contributed by atoms with Crippen LogP contribution in [0, 0.1) is 0 Å². The minimum absolute atomic E-state index is 0.301. The van der Waals surface area contributed by atoms with Crippen LogP contribution in [0.25, 0.3) is 10.4 Å². The van der Waals surface area contributed by atoms with Gasteiger partial charge in [0.15, 0.2) is 0 Å². The summed E-state index contributed by atoms with van der Waals surface area (Å²) in [6.45, 7) is 5.25. The van der Waals surface area contributed by atoms with E-state index < -0.39 is 5.54 Å². The molecule has 7 nitrogen and oxygen atoms in total. The SMILES string of the molecule is CCC1(C)CC(NCCN=[N+]=[N-])(C(N)=O)CCO1. The van der Waals surface area contributed by atoms with Gasteiger partial charge in [-0.05, 0) is 25.3 Å². The number of nitrogens with one attached hydrogen (secondary N) is 1. The monoisotopic (exact) mass is 255 g/mol. The van der Waals surface area contributed by atoms with E-state index in [4.69, 9.17) is 16.0 Å². The van der Waals surface area contributed by atoms with Crippen molar-refractivity contribution < 1.29 is 9.53 Å². The second kappa shape index (κ2) is 6.04. The molecule has 0 aliphatic carbocycles. The number of primary amides is 1. The van der Waals surface area contributed by atoms with E-state index in [2.05, 4.69) is 15.3 Å². The van der Waals surface area contributed by atoms with E-state index in [-0.39, 0.29) is 11.5 Å². The first-order chi connectivity index (χ1) is 8.48. The first kappa shape index (κ1) is 14.8. The number of azide groups is 1. The van der Waals surface area contributed by atoms with Crippen molar-refractivity contribution in [1.29, 1.82) is 0 Å². The van der Waals surface area contributed by atoms with Gasteiger partial charge >= 0.3 is 0 Å². The maximum absolute atomic E-state index is 11.7. The normalized spacial score (nSPS) is 31.7. The third-order valence-electron chi connectivity index (χ3n) is 3.61. The molecule has 0 aromatic heterocycles. The van der Waals surface area contributed by atoms with Gasteiger partial charge in [0, 0.05) is 31.0 Å². The molecule has 1 aliphatic heterocycles. The standard InChI is InChI=1S/C11H21N5O2/c1-3-10(2)8-11(9(12)17,4-7-18-10)14-5-6-15-16-13/h14H,3-8H2,1-2H3,(H2,12,17). The summed E-state index contributed by atoms with van der Waals surface area (Å²) < 4.78 is 5.72. The third-order valence-corrected chi connectivity index (χ3v) is 3.61. The quantitative estimate of drug-likeness (QED) is 0.320. The number of nitrogens with two attached hydrogens (primary N) is 1. The van der Waals surface area contributed by atoms with Crippen molar-refractivity contribution in [1.82, 2.24) is 5.32 Å². The van der Waals surface area contributed by atoms with Gasteiger partial charge in [0.05, 0.1) is 5.60 Å². The maximum Gasteiger partial charge on any atom is 0.237 e. The van der Waals surface area contributed by atoms with Gasteiger partial charge in [-0.15, -0.1) is 0 Å². The molecule has 0 spiro atoms. The summed E-state index contributed by atoms with van der Waals surface area (Å²) in [5.74, 6) is -0.369. The van der Waals surface area contributed by atoms with Crippen LogP contribution in [0.2, 0.25) is 0 Å². The van der Waals surface area contributed by atoms with Crippen LogP contribution in [-0.2, 0) is 9.53 Å². The second-order valence-corrected chi connectivity index (χ2v) is 4.91. The largest absolute Gasteiger partial charge is 0.375 e. The molecule has 102 valence electrons. The van der Waals surface area contributed by atoms with Crippen LogP contribution in [0.3, 0.4) is 0 Å². The Labute approximate surface area is 107 Å². The molecule has 1 fully saturated rings. The summed E-state index contributed by atoms with van der Waals surface area (Å²) in [6.07, 6.45) is 1.91. The molecule has 0 aromatic carbocycles. The zero-order chi connectivity index (χ0) is 13.6. The number of amides is 1. The zero-order valence-corrected chi connectivity index (χ0v) is 11.0. The molecule has 18 heavy (non-hydrogen) atoms. The Kier molecular flexibility index (Phi) is 4.95. The Hall–Kier alpha value is -1.30. The Morgan fingerprint density at radius 1 is 1.67 bits per heavy atom. The van der Waals surface area contributed by atoms with E-state index in [0.717, 1.165) is 6.42 Å². The Balaban J connectivity index is 2.73. The number of rotatable bonds is 6.